The molecule has 0 aromatic heterocycles. The van der Waals surface area contributed by atoms with Crippen LogP contribution in [0, 0.1) is 0 Å². The van der Waals surface area contributed by atoms with Gasteiger partial charge >= 0.3 is 0 Å². The molecule has 122 valence electrons. The molecule has 2 rings (SSSR count). The van der Waals surface area contributed by atoms with Gasteiger partial charge in [-0.05, 0) is 57.4 Å². The Kier molecular flexibility index (Phi) is 6.25. The molecule has 1 aliphatic heterocycles. The first kappa shape index (κ1) is 16.8. The highest BCUT2D eigenvalue weighted by molar-refractivity contribution is 5.92. The van der Waals surface area contributed by atoms with Crippen molar-refractivity contribution in [3.63, 3.8) is 0 Å². The fraction of sp³-hybridized carbons (Fsp3) is 0.611. The van der Waals surface area contributed by atoms with Gasteiger partial charge in [0.05, 0.1) is 6.54 Å². The maximum atomic E-state index is 6.01. The molecule has 1 aromatic rings. The molecule has 0 saturated carbocycles. The van der Waals surface area contributed by atoms with Crippen molar-refractivity contribution in [2.75, 3.05) is 18.4 Å². The second-order valence-electron chi connectivity index (χ2n) is 6.33. The van der Waals surface area contributed by atoms with Crippen LogP contribution in [0.5, 0.6) is 0 Å². The molecule has 1 heterocycles. The van der Waals surface area contributed by atoms with Gasteiger partial charge < -0.3 is 11.1 Å². The molecule has 1 saturated heterocycles. The highest BCUT2D eigenvalue weighted by atomic mass is 15.2. The Morgan fingerprint density at radius 1 is 1.36 bits per heavy atom. The zero-order valence-corrected chi connectivity index (χ0v) is 14.2. The molecule has 3 N–H and O–H groups in total. The molecule has 22 heavy (non-hydrogen) atoms. The van der Waals surface area contributed by atoms with Gasteiger partial charge in [0.25, 0.3) is 0 Å². The highest BCUT2D eigenvalue weighted by Gasteiger charge is 2.22. The SMILES string of the molecule is CCc1ccc(NC(N)=NCC(C)N2CCCCC2C)cc1. The van der Waals surface area contributed by atoms with Crippen LogP contribution in [0.4, 0.5) is 5.69 Å². The standard InChI is InChI=1S/C18H30N4/c1-4-16-8-10-17(11-9-16)21-18(19)20-13-15(3)22-12-6-5-7-14(22)2/h8-11,14-15H,4-7,12-13H2,1-3H3,(H3,19,20,21). The van der Waals surface area contributed by atoms with E-state index in [0.717, 1.165) is 18.7 Å². The third-order valence-corrected chi connectivity index (χ3v) is 4.58. The van der Waals surface area contributed by atoms with Crippen LogP contribution in [0.3, 0.4) is 0 Å². The predicted octanol–water partition coefficient (Wildman–Crippen LogP) is 3.24. The van der Waals surface area contributed by atoms with Gasteiger partial charge in [0, 0.05) is 17.8 Å². The summed E-state index contributed by atoms with van der Waals surface area (Å²) in [6, 6.07) is 9.45. The summed E-state index contributed by atoms with van der Waals surface area (Å²) in [6.07, 6.45) is 5.00. The molecular weight excluding hydrogens is 272 g/mol. The van der Waals surface area contributed by atoms with Crippen molar-refractivity contribution in [1.29, 1.82) is 0 Å². The number of nitrogens with zero attached hydrogens (tertiary/aromatic N) is 2. The van der Waals surface area contributed by atoms with Crippen LogP contribution >= 0.6 is 0 Å². The minimum absolute atomic E-state index is 0.443. The lowest BCUT2D eigenvalue weighted by molar-refractivity contribution is 0.118. The minimum Gasteiger partial charge on any atom is -0.370 e. The van der Waals surface area contributed by atoms with Crippen LogP contribution in [0.15, 0.2) is 29.3 Å². The van der Waals surface area contributed by atoms with E-state index in [1.165, 1.54) is 31.4 Å². The van der Waals surface area contributed by atoms with Crippen molar-refractivity contribution in [3.8, 4) is 0 Å². The van der Waals surface area contributed by atoms with Crippen molar-refractivity contribution < 1.29 is 0 Å². The number of rotatable bonds is 5. The van der Waals surface area contributed by atoms with E-state index in [2.05, 4.69) is 60.2 Å². The topological polar surface area (TPSA) is 53.6 Å². The summed E-state index contributed by atoms with van der Waals surface area (Å²) in [5.74, 6) is 0.501. The largest absolute Gasteiger partial charge is 0.370 e. The number of guanidine groups is 1. The summed E-state index contributed by atoms with van der Waals surface area (Å²) >= 11 is 0. The fourth-order valence-electron chi connectivity index (χ4n) is 3.12. The van der Waals surface area contributed by atoms with E-state index < -0.39 is 0 Å². The summed E-state index contributed by atoms with van der Waals surface area (Å²) in [5.41, 5.74) is 8.33. The lowest BCUT2D eigenvalue weighted by Gasteiger charge is -2.37. The van der Waals surface area contributed by atoms with Crippen LogP contribution in [0.1, 0.15) is 45.6 Å². The number of anilines is 1. The average Bonchev–Trinajstić information content (AvgIpc) is 2.54. The molecule has 4 heteroatoms. The van der Waals surface area contributed by atoms with E-state index in [0.29, 0.717) is 18.0 Å². The van der Waals surface area contributed by atoms with Gasteiger partial charge in [-0.2, -0.15) is 0 Å². The molecule has 2 atom stereocenters. The molecule has 0 radical (unpaired) electrons. The number of hydrogen-bond acceptors (Lipinski definition) is 2. The van der Waals surface area contributed by atoms with Crippen LogP contribution in [-0.4, -0.2) is 36.0 Å². The summed E-state index contributed by atoms with van der Waals surface area (Å²) in [6.45, 7) is 8.64. The second kappa shape index (κ2) is 8.18. The maximum Gasteiger partial charge on any atom is 0.193 e. The zero-order valence-electron chi connectivity index (χ0n) is 14.2. The minimum atomic E-state index is 0.443. The monoisotopic (exact) mass is 302 g/mol. The van der Waals surface area contributed by atoms with E-state index in [4.69, 9.17) is 5.73 Å². The van der Waals surface area contributed by atoms with E-state index in [-0.39, 0.29) is 0 Å². The first-order valence-electron chi connectivity index (χ1n) is 8.51. The molecule has 0 spiro atoms. The van der Waals surface area contributed by atoms with Crippen LogP contribution < -0.4 is 11.1 Å². The smallest absolute Gasteiger partial charge is 0.193 e. The molecule has 1 fully saturated rings. The van der Waals surface area contributed by atoms with Gasteiger partial charge in [-0.25, -0.2) is 0 Å². The molecule has 0 amide bonds. The molecule has 2 unspecified atom stereocenters. The number of nitrogens with two attached hydrogens (primary N) is 1. The molecular formula is C18H30N4. The summed E-state index contributed by atoms with van der Waals surface area (Å²) in [5, 5.41) is 3.17. The number of benzene rings is 1. The van der Waals surface area contributed by atoms with E-state index in [1.54, 1.807) is 0 Å². The Morgan fingerprint density at radius 2 is 2.09 bits per heavy atom. The number of aryl methyl sites for hydroxylation is 1. The maximum absolute atomic E-state index is 6.01. The summed E-state index contributed by atoms with van der Waals surface area (Å²) < 4.78 is 0. The quantitative estimate of drug-likeness (QED) is 0.648. The van der Waals surface area contributed by atoms with Gasteiger partial charge in [-0.15, -0.1) is 0 Å². The highest BCUT2D eigenvalue weighted by Crippen LogP contribution is 2.19. The number of aliphatic imine (C=N–C) groups is 1. The van der Waals surface area contributed by atoms with Crippen molar-refractivity contribution >= 4 is 11.6 Å². The molecule has 1 aliphatic rings. The van der Waals surface area contributed by atoms with Crippen molar-refractivity contribution in [2.45, 2.75) is 58.5 Å². The van der Waals surface area contributed by atoms with Gasteiger partial charge in [0.1, 0.15) is 0 Å². The van der Waals surface area contributed by atoms with Gasteiger partial charge in [-0.1, -0.05) is 25.5 Å². The Bertz CT molecular complexity index is 480. The number of nitrogens with one attached hydrogen (secondary N) is 1. The third-order valence-electron chi connectivity index (χ3n) is 4.58. The number of hydrogen-bond donors (Lipinski definition) is 2. The second-order valence-corrected chi connectivity index (χ2v) is 6.33. The number of piperidine rings is 1. The Hall–Kier alpha value is -1.55. The Morgan fingerprint density at radius 3 is 2.73 bits per heavy atom. The van der Waals surface area contributed by atoms with Crippen LogP contribution in [0.2, 0.25) is 0 Å². The van der Waals surface area contributed by atoms with Gasteiger partial charge in [0.15, 0.2) is 5.96 Å². The Labute approximate surface area is 134 Å². The van der Waals surface area contributed by atoms with Crippen molar-refractivity contribution in [1.82, 2.24) is 4.90 Å². The molecule has 0 aliphatic carbocycles. The van der Waals surface area contributed by atoms with E-state index >= 15 is 0 Å². The molecule has 4 nitrogen and oxygen atoms in total. The zero-order chi connectivity index (χ0) is 15.9. The van der Waals surface area contributed by atoms with E-state index in [1.807, 2.05) is 0 Å². The van der Waals surface area contributed by atoms with Gasteiger partial charge in [-0.3, -0.25) is 9.89 Å². The first-order valence-corrected chi connectivity index (χ1v) is 8.51. The summed E-state index contributed by atoms with van der Waals surface area (Å²) in [7, 11) is 0. The van der Waals surface area contributed by atoms with Crippen LogP contribution in [-0.2, 0) is 6.42 Å². The van der Waals surface area contributed by atoms with Crippen molar-refractivity contribution in [3.05, 3.63) is 29.8 Å². The van der Waals surface area contributed by atoms with E-state index in [9.17, 15) is 0 Å². The number of likely N-dealkylation sites (tertiary alicyclic amines) is 1. The summed E-state index contributed by atoms with van der Waals surface area (Å²) in [4.78, 5) is 7.07. The third kappa shape index (κ3) is 4.73. The fourth-order valence-corrected chi connectivity index (χ4v) is 3.12. The molecule has 0 bridgehead atoms. The lowest BCUT2D eigenvalue weighted by Crippen LogP contribution is -2.45. The van der Waals surface area contributed by atoms with Crippen LogP contribution in [0.25, 0.3) is 0 Å². The average molecular weight is 302 g/mol. The predicted molar refractivity (Wildman–Crippen MR) is 95.4 cm³/mol. The van der Waals surface area contributed by atoms with Crippen molar-refractivity contribution in [2.24, 2.45) is 10.7 Å². The Balaban J connectivity index is 1.85. The first-order chi connectivity index (χ1) is 10.6. The van der Waals surface area contributed by atoms with Gasteiger partial charge in [0.2, 0.25) is 0 Å². The molecule has 1 aromatic carbocycles. The lowest BCUT2D eigenvalue weighted by atomic mass is 10.0. The normalized spacial score (nSPS) is 21.6.